The Labute approximate surface area is 157 Å². The molecule has 0 bridgehead atoms. The molecule has 1 aliphatic heterocycles. The lowest BCUT2D eigenvalue weighted by Crippen LogP contribution is -2.30. The molecule has 0 unspecified atom stereocenters. The lowest BCUT2D eigenvalue weighted by molar-refractivity contribution is -0.119. The van der Waals surface area contributed by atoms with Crippen molar-refractivity contribution in [1.29, 1.82) is 0 Å². The average molecular weight is 389 g/mol. The Morgan fingerprint density at radius 3 is 2.69 bits per heavy atom. The Kier molecular flexibility index (Phi) is 4.44. The van der Waals surface area contributed by atoms with Crippen LogP contribution in [0.1, 0.15) is 18.4 Å². The van der Waals surface area contributed by atoms with Crippen molar-refractivity contribution in [2.75, 3.05) is 22.4 Å². The summed E-state index contributed by atoms with van der Waals surface area (Å²) < 4.78 is 28.3. The van der Waals surface area contributed by atoms with E-state index < -0.39 is 10.0 Å². The molecule has 136 valence electrons. The summed E-state index contributed by atoms with van der Waals surface area (Å²) in [5, 5.41) is 0. The maximum atomic E-state index is 12.8. The van der Waals surface area contributed by atoms with Crippen LogP contribution in [0.5, 0.6) is 0 Å². The third-order valence-corrected chi connectivity index (χ3v) is 6.96. The number of anilines is 2. The fraction of sp³-hybridized carbons (Fsp3) is 0.316. The number of nitrogens with zero attached hydrogens (tertiary/aromatic N) is 1. The molecule has 1 fully saturated rings. The monoisotopic (exact) mass is 388 g/mol. The summed E-state index contributed by atoms with van der Waals surface area (Å²) in [5.41, 5.74) is 2.34. The van der Waals surface area contributed by atoms with Crippen LogP contribution in [0.2, 0.25) is 0 Å². The largest absolute Gasteiger partial charge is 0.312 e. The minimum atomic E-state index is -3.68. The third-order valence-electron chi connectivity index (χ3n) is 4.80. The van der Waals surface area contributed by atoms with Gasteiger partial charge in [-0.3, -0.25) is 9.52 Å². The molecule has 0 atom stereocenters. The van der Waals surface area contributed by atoms with Crippen molar-refractivity contribution in [2.24, 2.45) is 5.92 Å². The van der Waals surface area contributed by atoms with E-state index in [2.05, 4.69) is 4.72 Å². The maximum absolute atomic E-state index is 12.8. The topological polar surface area (TPSA) is 66.5 Å². The molecule has 5 nitrogen and oxygen atoms in total. The molecule has 1 aliphatic carbocycles. The van der Waals surface area contributed by atoms with Crippen LogP contribution in [-0.4, -0.2) is 27.1 Å². The van der Waals surface area contributed by atoms with Gasteiger partial charge in [-0.2, -0.15) is 0 Å². The summed E-state index contributed by atoms with van der Waals surface area (Å²) in [6.07, 6.45) is 4.54. The maximum Gasteiger partial charge on any atom is 0.261 e. The van der Waals surface area contributed by atoms with Crippen LogP contribution >= 0.6 is 11.8 Å². The van der Waals surface area contributed by atoms with E-state index in [-0.39, 0.29) is 16.7 Å². The molecule has 0 radical (unpaired) electrons. The summed E-state index contributed by atoms with van der Waals surface area (Å²) >= 11 is 1.49. The van der Waals surface area contributed by atoms with Crippen molar-refractivity contribution in [1.82, 2.24) is 0 Å². The molecule has 0 saturated heterocycles. The number of sulfonamides is 1. The van der Waals surface area contributed by atoms with Gasteiger partial charge in [0.15, 0.2) is 0 Å². The molecule has 0 spiro atoms. The second kappa shape index (κ2) is 6.63. The Hall–Kier alpha value is -1.99. The van der Waals surface area contributed by atoms with E-state index in [0.29, 0.717) is 18.7 Å². The first-order valence-corrected chi connectivity index (χ1v) is 11.3. The molecule has 1 N–H and O–H groups in total. The van der Waals surface area contributed by atoms with Gasteiger partial charge in [0, 0.05) is 23.0 Å². The zero-order valence-corrected chi connectivity index (χ0v) is 16.1. The first-order chi connectivity index (χ1) is 12.5. The predicted octanol–water partition coefficient (Wildman–Crippen LogP) is 3.51. The van der Waals surface area contributed by atoms with Crippen LogP contribution in [0.3, 0.4) is 0 Å². The van der Waals surface area contributed by atoms with Crippen LogP contribution < -0.4 is 9.62 Å². The Morgan fingerprint density at radius 2 is 1.96 bits per heavy atom. The Bertz CT molecular complexity index is 968. The molecule has 4 rings (SSSR count). The molecule has 1 amide bonds. The number of para-hydroxylation sites is 1. The van der Waals surface area contributed by atoms with Crippen molar-refractivity contribution in [3.63, 3.8) is 0 Å². The Morgan fingerprint density at radius 1 is 1.19 bits per heavy atom. The van der Waals surface area contributed by atoms with Gasteiger partial charge < -0.3 is 4.90 Å². The van der Waals surface area contributed by atoms with Gasteiger partial charge >= 0.3 is 0 Å². The lowest BCUT2D eigenvalue weighted by atomic mass is 10.2. The number of nitrogens with one attached hydrogen (secondary N) is 1. The van der Waals surface area contributed by atoms with Crippen molar-refractivity contribution >= 4 is 39.1 Å². The van der Waals surface area contributed by atoms with E-state index in [0.717, 1.165) is 29.0 Å². The van der Waals surface area contributed by atoms with E-state index >= 15 is 0 Å². The van der Waals surface area contributed by atoms with Crippen molar-refractivity contribution < 1.29 is 13.2 Å². The minimum absolute atomic E-state index is 0.161. The highest BCUT2D eigenvalue weighted by molar-refractivity contribution is 7.99. The van der Waals surface area contributed by atoms with Gasteiger partial charge in [-0.15, -0.1) is 11.8 Å². The van der Waals surface area contributed by atoms with E-state index in [1.54, 1.807) is 29.2 Å². The number of carbonyl (C=O) groups excluding carboxylic acids is 1. The standard InChI is InChI=1S/C19H20N2O3S2/c1-25-18-5-3-2-4-16(18)20-26(23,24)15-8-9-17-14(12-15)10-11-21(17)19(22)13-6-7-13/h2-5,8-9,12-13,20H,6-7,10-11H2,1H3. The van der Waals surface area contributed by atoms with Gasteiger partial charge in [0.25, 0.3) is 10.0 Å². The van der Waals surface area contributed by atoms with E-state index in [9.17, 15) is 13.2 Å². The smallest absolute Gasteiger partial charge is 0.261 e. The summed E-state index contributed by atoms with van der Waals surface area (Å²) in [7, 11) is -3.68. The normalized spacial score (nSPS) is 16.4. The van der Waals surface area contributed by atoms with E-state index in [4.69, 9.17) is 0 Å². The molecule has 26 heavy (non-hydrogen) atoms. The molecular formula is C19H20N2O3S2. The highest BCUT2D eigenvalue weighted by atomic mass is 32.2. The molecule has 1 heterocycles. The van der Waals surface area contributed by atoms with Gasteiger partial charge in [0.1, 0.15) is 0 Å². The summed E-state index contributed by atoms with van der Waals surface area (Å²) in [6.45, 7) is 0.636. The average Bonchev–Trinajstić information content (AvgIpc) is 3.40. The van der Waals surface area contributed by atoms with Crippen LogP contribution in [0.25, 0.3) is 0 Å². The molecule has 2 aromatic carbocycles. The number of amides is 1. The van der Waals surface area contributed by atoms with E-state index in [1.807, 2.05) is 24.5 Å². The number of fused-ring (bicyclic) bond motifs is 1. The van der Waals surface area contributed by atoms with Gasteiger partial charge in [-0.05, 0) is 61.4 Å². The summed E-state index contributed by atoms with van der Waals surface area (Å²) in [5.74, 6) is 0.334. The molecule has 2 aromatic rings. The summed E-state index contributed by atoms with van der Waals surface area (Å²) in [6, 6.07) is 12.4. The van der Waals surface area contributed by atoms with Gasteiger partial charge in [0.2, 0.25) is 5.91 Å². The van der Waals surface area contributed by atoms with Gasteiger partial charge in [0.05, 0.1) is 10.6 Å². The minimum Gasteiger partial charge on any atom is -0.312 e. The number of hydrogen-bond acceptors (Lipinski definition) is 4. The quantitative estimate of drug-likeness (QED) is 0.796. The van der Waals surface area contributed by atoms with Gasteiger partial charge in [-0.1, -0.05) is 12.1 Å². The van der Waals surface area contributed by atoms with E-state index in [1.165, 1.54) is 11.8 Å². The SMILES string of the molecule is CSc1ccccc1NS(=O)(=O)c1ccc2c(c1)CCN2C(=O)C1CC1. The third kappa shape index (κ3) is 3.21. The zero-order chi connectivity index (χ0) is 18.3. The van der Waals surface area contributed by atoms with Crippen molar-refractivity contribution in [2.45, 2.75) is 29.1 Å². The second-order valence-electron chi connectivity index (χ2n) is 6.61. The van der Waals surface area contributed by atoms with Crippen LogP contribution in [-0.2, 0) is 21.2 Å². The predicted molar refractivity (Wildman–Crippen MR) is 104 cm³/mol. The van der Waals surface area contributed by atoms with Crippen LogP contribution in [0.4, 0.5) is 11.4 Å². The Balaban J connectivity index is 1.61. The first-order valence-electron chi connectivity index (χ1n) is 8.60. The van der Waals surface area contributed by atoms with Gasteiger partial charge in [-0.25, -0.2) is 8.42 Å². The zero-order valence-electron chi connectivity index (χ0n) is 14.4. The molecular weight excluding hydrogens is 368 g/mol. The molecule has 0 aromatic heterocycles. The highest BCUT2D eigenvalue weighted by Gasteiger charge is 2.36. The highest BCUT2D eigenvalue weighted by Crippen LogP contribution is 2.37. The molecule has 1 saturated carbocycles. The van der Waals surface area contributed by atoms with Crippen LogP contribution in [0.15, 0.2) is 52.3 Å². The number of thioether (sulfide) groups is 1. The van der Waals surface area contributed by atoms with Crippen LogP contribution in [0, 0.1) is 5.92 Å². The number of rotatable bonds is 5. The fourth-order valence-electron chi connectivity index (χ4n) is 3.26. The fourth-order valence-corrected chi connectivity index (χ4v) is 5.01. The number of benzene rings is 2. The lowest BCUT2D eigenvalue weighted by Gasteiger charge is -2.17. The molecule has 7 heteroatoms. The van der Waals surface area contributed by atoms with Crippen molar-refractivity contribution in [3.8, 4) is 0 Å². The van der Waals surface area contributed by atoms with Crippen molar-refractivity contribution in [3.05, 3.63) is 48.0 Å². The molecule has 2 aliphatic rings. The first kappa shape index (κ1) is 17.4. The summed E-state index contributed by atoms with van der Waals surface area (Å²) in [4.78, 5) is 15.3. The second-order valence-corrected chi connectivity index (χ2v) is 9.14. The number of hydrogen-bond donors (Lipinski definition) is 1. The number of carbonyl (C=O) groups is 1.